The summed E-state index contributed by atoms with van der Waals surface area (Å²) in [5.41, 5.74) is 6.74. The van der Waals surface area contributed by atoms with Crippen LogP contribution in [0.4, 0.5) is 5.69 Å². The smallest absolute Gasteiger partial charge is 0.0519 e. The van der Waals surface area contributed by atoms with Gasteiger partial charge in [-0.05, 0) is 61.1 Å². The molecule has 3 rings (SSSR count). The predicted molar refractivity (Wildman–Crippen MR) is 84.7 cm³/mol. The summed E-state index contributed by atoms with van der Waals surface area (Å²) in [5, 5.41) is 3.69. The predicted octanol–water partition coefficient (Wildman–Crippen LogP) is 5.17. The van der Waals surface area contributed by atoms with Gasteiger partial charge in [0.15, 0.2) is 0 Å². The van der Waals surface area contributed by atoms with Crippen LogP contribution >= 0.6 is 15.9 Å². The van der Waals surface area contributed by atoms with E-state index >= 15 is 0 Å². The summed E-state index contributed by atoms with van der Waals surface area (Å²) in [7, 11) is 0. The van der Waals surface area contributed by atoms with Crippen LogP contribution in [-0.4, -0.2) is 0 Å². The molecule has 1 atom stereocenters. The Morgan fingerprint density at radius 3 is 2.53 bits per heavy atom. The summed E-state index contributed by atoms with van der Waals surface area (Å²) in [6.07, 6.45) is 2.37. The molecule has 19 heavy (non-hydrogen) atoms. The van der Waals surface area contributed by atoms with Crippen LogP contribution in [0.5, 0.6) is 0 Å². The molecule has 0 saturated heterocycles. The Labute approximate surface area is 123 Å². The van der Waals surface area contributed by atoms with E-state index in [9.17, 15) is 0 Å². The summed E-state index contributed by atoms with van der Waals surface area (Å²) >= 11 is 3.62. The molecule has 0 aliphatic heterocycles. The van der Waals surface area contributed by atoms with Crippen molar-refractivity contribution in [2.24, 2.45) is 0 Å². The number of rotatable bonds is 2. The minimum Gasteiger partial charge on any atom is -0.378 e. The summed E-state index contributed by atoms with van der Waals surface area (Å²) in [6.45, 7) is 4.29. The number of hydrogen-bond acceptors (Lipinski definition) is 1. The van der Waals surface area contributed by atoms with E-state index < -0.39 is 0 Å². The molecular weight excluding hydrogens is 298 g/mol. The topological polar surface area (TPSA) is 12.0 Å². The van der Waals surface area contributed by atoms with Crippen LogP contribution in [-0.2, 0) is 6.42 Å². The van der Waals surface area contributed by atoms with Gasteiger partial charge in [0.25, 0.3) is 0 Å². The number of benzene rings is 2. The Morgan fingerprint density at radius 1 is 1.11 bits per heavy atom. The average Bonchev–Trinajstić information content (AvgIpc) is 2.79. The lowest BCUT2D eigenvalue weighted by atomic mass is 10.1. The second kappa shape index (κ2) is 5.01. The highest BCUT2D eigenvalue weighted by Gasteiger charge is 2.21. The van der Waals surface area contributed by atoms with Gasteiger partial charge in [0.05, 0.1) is 6.04 Å². The highest BCUT2D eigenvalue weighted by atomic mass is 79.9. The van der Waals surface area contributed by atoms with Crippen molar-refractivity contribution < 1.29 is 0 Å². The third-order valence-electron chi connectivity index (χ3n) is 3.91. The number of anilines is 1. The van der Waals surface area contributed by atoms with Gasteiger partial charge in [0.1, 0.15) is 0 Å². The van der Waals surface area contributed by atoms with Gasteiger partial charge in [-0.25, -0.2) is 0 Å². The maximum absolute atomic E-state index is 3.69. The van der Waals surface area contributed by atoms with Crippen LogP contribution in [0.3, 0.4) is 0 Å². The first kappa shape index (κ1) is 12.7. The molecule has 98 valence electrons. The van der Waals surface area contributed by atoms with Gasteiger partial charge in [0.2, 0.25) is 0 Å². The Kier molecular flexibility index (Phi) is 3.36. The Balaban J connectivity index is 1.87. The lowest BCUT2D eigenvalue weighted by Crippen LogP contribution is -2.07. The lowest BCUT2D eigenvalue weighted by Gasteiger charge is -2.17. The van der Waals surface area contributed by atoms with E-state index in [0.29, 0.717) is 6.04 Å². The number of fused-ring (bicyclic) bond motifs is 1. The van der Waals surface area contributed by atoms with E-state index in [1.54, 1.807) is 0 Å². The fourth-order valence-corrected chi connectivity index (χ4v) is 3.17. The molecule has 1 unspecified atom stereocenters. The SMILES string of the molecule is Cc1cc(NC2CCc3ccccc32)cc(C)c1Br. The van der Waals surface area contributed by atoms with Gasteiger partial charge in [-0.15, -0.1) is 0 Å². The number of halogens is 1. The zero-order chi connectivity index (χ0) is 13.4. The van der Waals surface area contributed by atoms with E-state index in [4.69, 9.17) is 0 Å². The van der Waals surface area contributed by atoms with Gasteiger partial charge in [0, 0.05) is 10.2 Å². The van der Waals surface area contributed by atoms with Gasteiger partial charge in [-0.3, -0.25) is 0 Å². The highest BCUT2D eigenvalue weighted by molar-refractivity contribution is 9.10. The first-order valence-corrected chi connectivity index (χ1v) is 7.55. The van der Waals surface area contributed by atoms with Crippen LogP contribution in [0, 0.1) is 13.8 Å². The third-order valence-corrected chi connectivity index (χ3v) is 5.16. The maximum Gasteiger partial charge on any atom is 0.0519 e. The molecule has 0 aromatic heterocycles. The second-order valence-electron chi connectivity index (χ2n) is 5.36. The zero-order valence-corrected chi connectivity index (χ0v) is 12.9. The van der Waals surface area contributed by atoms with Gasteiger partial charge < -0.3 is 5.32 Å². The molecule has 0 radical (unpaired) electrons. The summed E-state index contributed by atoms with van der Waals surface area (Å²) < 4.78 is 1.21. The normalized spacial score (nSPS) is 17.3. The fourth-order valence-electron chi connectivity index (χ4n) is 2.94. The highest BCUT2D eigenvalue weighted by Crippen LogP contribution is 2.35. The lowest BCUT2D eigenvalue weighted by molar-refractivity contribution is 0.762. The van der Waals surface area contributed by atoms with Crippen molar-refractivity contribution in [1.29, 1.82) is 0 Å². The minimum absolute atomic E-state index is 0.455. The quantitative estimate of drug-likeness (QED) is 0.806. The number of aryl methyl sites for hydroxylation is 3. The molecule has 2 aromatic rings. The first-order chi connectivity index (χ1) is 9.15. The molecule has 0 bridgehead atoms. The zero-order valence-electron chi connectivity index (χ0n) is 11.3. The average molecular weight is 316 g/mol. The van der Waals surface area contributed by atoms with Crippen molar-refractivity contribution >= 4 is 21.6 Å². The van der Waals surface area contributed by atoms with E-state index in [-0.39, 0.29) is 0 Å². The Hall–Kier alpha value is -1.28. The molecule has 1 nitrogen and oxygen atoms in total. The maximum atomic E-state index is 3.69. The molecule has 1 N–H and O–H groups in total. The van der Waals surface area contributed by atoms with Crippen molar-refractivity contribution in [3.8, 4) is 0 Å². The monoisotopic (exact) mass is 315 g/mol. The van der Waals surface area contributed by atoms with Crippen LogP contribution in [0.25, 0.3) is 0 Å². The van der Waals surface area contributed by atoms with E-state index in [1.165, 1.54) is 45.3 Å². The second-order valence-corrected chi connectivity index (χ2v) is 6.15. The number of hydrogen-bond donors (Lipinski definition) is 1. The van der Waals surface area contributed by atoms with E-state index in [0.717, 1.165) is 0 Å². The summed E-state index contributed by atoms with van der Waals surface area (Å²) in [5.74, 6) is 0. The first-order valence-electron chi connectivity index (χ1n) is 6.76. The standard InChI is InChI=1S/C17H18BrN/c1-11-9-14(10-12(2)17(11)18)19-16-8-7-13-5-3-4-6-15(13)16/h3-6,9-10,16,19H,7-8H2,1-2H3. The molecule has 0 spiro atoms. The van der Waals surface area contributed by atoms with Crippen molar-refractivity contribution in [1.82, 2.24) is 0 Å². The molecule has 2 heteroatoms. The molecule has 0 heterocycles. The number of nitrogens with one attached hydrogen (secondary N) is 1. The largest absolute Gasteiger partial charge is 0.378 e. The van der Waals surface area contributed by atoms with Crippen molar-refractivity contribution in [2.45, 2.75) is 32.7 Å². The van der Waals surface area contributed by atoms with Crippen molar-refractivity contribution in [3.05, 3.63) is 63.1 Å². The Bertz CT molecular complexity index is 595. The minimum atomic E-state index is 0.455. The van der Waals surface area contributed by atoms with Crippen molar-refractivity contribution in [3.63, 3.8) is 0 Å². The summed E-state index contributed by atoms with van der Waals surface area (Å²) in [6, 6.07) is 13.7. The molecule has 0 fully saturated rings. The van der Waals surface area contributed by atoms with Gasteiger partial charge in [-0.2, -0.15) is 0 Å². The van der Waals surface area contributed by atoms with E-state index in [2.05, 4.69) is 71.5 Å². The van der Waals surface area contributed by atoms with E-state index in [1.807, 2.05) is 0 Å². The molecule has 0 saturated carbocycles. The van der Waals surface area contributed by atoms with Gasteiger partial charge in [-0.1, -0.05) is 40.2 Å². The fraction of sp³-hybridized carbons (Fsp3) is 0.294. The molecular formula is C17H18BrN. The van der Waals surface area contributed by atoms with Crippen molar-refractivity contribution in [2.75, 3.05) is 5.32 Å². The summed E-state index contributed by atoms with van der Waals surface area (Å²) in [4.78, 5) is 0. The molecule has 1 aliphatic rings. The Morgan fingerprint density at radius 2 is 1.79 bits per heavy atom. The van der Waals surface area contributed by atoms with Crippen LogP contribution in [0.2, 0.25) is 0 Å². The molecule has 1 aliphatic carbocycles. The van der Waals surface area contributed by atoms with Crippen LogP contribution < -0.4 is 5.32 Å². The van der Waals surface area contributed by atoms with Crippen LogP contribution in [0.15, 0.2) is 40.9 Å². The third kappa shape index (κ3) is 2.42. The molecule has 2 aromatic carbocycles. The molecule has 0 amide bonds. The van der Waals surface area contributed by atoms with Gasteiger partial charge >= 0.3 is 0 Å². The van der Waals surface area contributed by atoms with Crippen LogP contribution in [0.1, 0.15) is 34.7 Å².